The third kappa shape index (κ3) is 3.61. The van der Waals surface area contributed by atoms with Gasteiger partial charge in [-0.1, -0.05) is 0 Å². The van der Waals surface area contributed by atoms with Crippen molar-refractivity contribution in [3.05, 3.63) is 45.0 Å². The van der Waals surface area contributed by atoms with Crippen LogP contribution in [0.3, 0.4) is 0 Å². The Hall–Kier alpha value is -3.08. The number of carbonyl (C=O) groups excluding carboxylic acids is 1. The molecule has 0 fully saturated rings. The van der Waals surface area contributed by atoms with Gasteiger partial charge in [0.15, 0.2) is 0 Å². The van der Waals surface area contributed by atoms with Crippen LogP contribution in [0.4, 0.5) is 5.69 Å². The molecule has 0 saturated carbocycles. The number of nitro groups is 1. The van der Waals surface area contributed by atoms with Gasteiger partial charge in [0.25, 0.3) is 0 Å². The molecule has 3 rings (SSSR count). The minimum atomic E-state index is -0.540. The highest BCUT2D eigenvalue weighted by atomic mass is 32.1. The number of aromatic nitrogens is 5. The van der Waals surface area contributed by atoms with E-state index in [2.05, 4.69) is 15.2 Å². The van der Waals surface area contributed by atoms with Gasteiger partial charge < -0.3 is 4.74 Å². The monoisotopic (exact) mass is 376 g/mol. The molecule has 0 bridgehead atoms. The number of hydrogen-bond acceptors (Lipinski definition) is 8. The van der Waals surface area contributed by atoms with Gasteiger partial charge in [0, 0.05) is 24.2 Å². The van der Waals surface area contributed by atoms with Crippen LogP contribution in [0.2, 0.25) is 0 Å². The lowest BCUT2D eigenvalue weighted by Gasteiger charge is -2.04. The molecule has 26 heavy (non-hydrogen) atoms. The second kappa shape index (κ2) is 7.04. The standard InChI is InChI=1S/C15H16N6O4S/c1-9-14(21(23)24)10(2)20(18-9)6-13(22)25-7-12-8-26-15(17-12)11-4-16-19(3)5-11/h4-5,8H,6-7H2,1-3H3. The molecule has 136 valence electrons. The number of ether oxygens (including phenoxy) is 1. The van der Waals surface area contributed by atoms with Crippen LogP contribution in [0.5, 0.6) is 0 Å². The zero-order chi connectivity index (χ0) is 18.8. The lowest BCUT2D eigenvalue weighted by Crippen LogP contribution is -2.15. The Morgan fingerprint density at radius 1 is 1.42 bits per heavy atom. The Bertz CT molecular complexity index is 973. The average Bonchev–Trinajstić information content (AvgIpc) is 3.25. The summed E-state index contributed by atoms with van der Waals surface area (Å²) >= 11 is 1.43. The van der Waals surface area contributed by atoms with Crippen LogP contribution in [0.1, 0.15) is 17.1 Å². The van der Waals surface area contributed by atoms with Crippen molar-refractivity contribution >= 4 is 23.0 Å². The van der Waals surface area contributed by atoms with E-state index in [-0.39, 0.29) is 24.5 Å². The van der Waals surface area contributed by atoms with Crippen molar-refractivity contribution in [2.75, 3.05) is 0 Å². The van der Waals surface area contributed by atoms with Crippen molar-refractivity contribution in [1.82, 2.24) is 24.5 Å². The average molecular weight is 376 g/mol. The molecule has 3 aromatic heterocycles. The van der Waals surface area contributed by atoms with Crippen molar-refractivity contribution in [2.24, 2.45) is 7.05 Å². The van der Waals surface area contributed by atoms with E-state index in [1.165, 1.54) is 22.9 Å². The van der Waals surface area contributed by atoms with E-state index in [0.29, 0.717) is 11.4 Å². The van der Waals surface area contributed by atoms with Gasteiger partial charge in [-0.15, -0.1) is 11.3 Å². The maximum absolute atomic E-state index is 12.0. The quantitative estimate of drug-likeness (QED) is 0.367. The minimum Gasteiger partial charge on any atom is -0.458 e. The van der Waals surface area contributed by atoms with E-state index < -0.39 is 10.9 Å². The lowest BCUT2D eigenvalue weighted by molar-refractivity contribution is -0.386. The van der Waals surface area contributed by atoms with Crippen molar-refractivity contribution in [1.29, 1.82) is 0 Å². The number of hydrogen-bond donors (Lipinski definition) is 0. The summed E-state index contributed by atoms with van der Waals surface area (Å²) in [5.41, 5.74) is 2.02. The summed E-state index contributed by atoms with van der Waals surface area (Å²) in [4.78, 5) is 26.9. The molecule has 0 aliphatic carbocycles. The summed E-state index contributed by atoms with van der Waals surface area (Å²) in [5, 5.41) is 21.7. The second-order valence-corrected chi connectivity index (χ2v) is 6.50. The molecule has 0 aliphatic rings. The molecular weight excluding hydrogens is 360 g/mol. The predicted octanol–water partition coefficient (Wildman–Crippen LogP) is 2.01. The molecule has 0 aliphatic heterocycles. The summed E-state index contributed by atoms with van der Waals surface area (Å²) in [6.45, 7) is 2.91. The van der Waals surface area contributed by atoms with Gasteiger partial charge in [0.1, 0.15) is 29.5 Å². The highest BCUT2D eigenvalue weighted by Gasteiger charge is 2.23. The van der Waals surface area contributed by atoms with Crippen LogP contribution >= 0.6 is 11.3 Å². The molecule has 10 nitrogen and oxygen atoms in total. The Balaban J connectivity index is 1.61. The molecule has 0 aromatic carbocycles. The summed E-state index contributed by atoms with van der Waals surface area (Å²) in [7, 11) is 1.82. The highest BCUT2D eigenvalue weighted by Crippen LogP contribution is 2.24. The fourth-order valence-electron chi connectivity index (χ4n) is 2.47. The molecule has 0 spiro atoms. The van der Waals surface area contributed by atoms with Crippen molar-refractivity contribution in [3.63, 3.8) is 0 Å². The molecule has 0 radical (unpaired) electrons. The zero-order valence-corrected chi connectivity index (χ0v) is 15.2. The maximum atomic E-state index is 12.0. The van der Waals surface area contributed by atoms with E-state index in [9.17, 15) is 14.9 Å². The first-order chi connectivity index (χ1) is 12.3. The molecule has 0 amide bonds. The number of esters is 1. The van der Waals surface area contributed by atoms with E-state index in [1.807, 2.05) is 18.6 Å². The normalized spacial score (nSPS) is 10.9. The lowest BCUT2D eigenvalue weighted by atomic mass is 10.3. The van der Waals surface area contributed by atoms with Gasteiger partial charge in [0.05, 0.1) is 16.8 Å². The van der Waals surface area contributed by atoms with Crippen LogP contribution in [0.25, 0.3) is 10.6 Å². The van der Waals surface area contributed by atoms with Crippen LogP contribution in [-0.4, -0.2) is 35.4 Å². The molecule has 0 unspecified atom stereocenters. The number of nitrogens with zero attached hydrogens (tertiary/aromatic N) is 6. The van der Waals surface area contributed by atoms with Gasteiger partial charge in [-0.25, -0.2) is 4.98 Å². The number of rotatable bonds is 6. The number of carbonyl (C=O) groups is 1. The van der Waals surface area contributed by atoms with Gasteiger partial charge in [0.2, 0.25) is 0 Å². The van der Waals surface area contributed by atoms with Crippen LogP contribution in [-0.2, 0) is 29.7 Å². The molecule has 3 aromatic rings. The second-order valence-electron chi connectivity index (χ2n) is 5.64. The van der Waals surface area contributed by atoms with Crippen LogP contribution in [0.15, 0.2) is 17.8 Å². The van der Waals surface area contributed by atoms with Gasteiger partial charge >= 0.3 is 11.7 Å². The first-order valence-electron chi connectivity index (χ1n) is 7.62. The zero-order valence-electron chi connectivity index (χ0n) is 14.4. The first-order valence-corrected chi connectivity index (χ1v) is 8.50. The van der Waals surface area contributed by atoms with Gasteiger partial charge in [-0.2, -0.15) is 10.2 Å². The predicted molar refractivity (Wildman–Crippen MR) is 92.5 cm³/mol. The van der Waals surface area contributed by atoms with Crippen molar-refractivity contribution in [2.45, 2.75) is 27.0 Å². The Morgan fingerprint density at radius 3 is 2.81 bits per heavy atom. The maximum Gasteiger partial charge on any atom is 0.328 e. The molecule has 0 N–H and O–H groups in total. The first kappa shape index (κ1) is 17.7. The number of aryl methyl sites for hydroxylation is 2. The van der Waals surface area contributed by atoms with Crippen LogP contribution in [0, 0.1) is 24.0 Å². The minimum absolute atomic E-state index is 0.0248. The number of thiazole rings is 1. The van der Waals surface area contributed by atoms with Crippen LogP contribution < -0.4 is 0 Å². The fraction of sp³-hybridized carbons (Fsp3) is 0.333. The third-order valence-electron chi connectivity index (χ3n) is 3.69. The summed E-state index contributed by atoms with van der Waals surface area (Å²) in [5.74, 6) is -0.540. The van der Waals surface area contributed by atoms with Gasteiger partial charge in [-0.3, -0.25) is 24.3 Å². The Morgan fingerprint density at radius 2 is 2.19 bits per heavy atom. The largest absolute Gasteiger partial charge is 0.458 e. The summed E-state index contributed by atoms with van der Waals surface area (Å²) in [6, 6.07) is 0. The molecular formula is C15H16N6O4S. The summed E-state index contributed by atoms with van der Waals surface area (Å²) < 4.78 is 8.16. The smallest absolute Gasteiger partial charge is 0.328 e. The van der Waals surface area contributed by atoms with E-state index in [4.69, 9.17) is 4.74 Å². The third-order valence-corrected chi connectivity index (χ3v) is 4.63. The SMILES string of the molecule is Cc1nn(CC(=O)OCc2csc(-c3cnn(C)c3)n2)c(C)c1[N+](=O)[O-]. The van der Waals surface area contributed by atoms with Gasteiger partial charge in [-0.05, 0) is 13.8 Å². The molecule has 3 heterocycles. The van der Waals surface area contributed by atoms with E-state index in [1.54, 1.807) is 17.8 Å². The Labute approximate surface area is 152 Å². The van der Waals surface area contributed by atoms with E-state index >= 15 is 0 Å². The molecule has 11 heteroatoms. The summed E-state index contributed by atoms with van der Waals surface area (Å²) in [6.07, 6.45) is 3.56. The van der Waals surface area contributed by atoms with Crippen molar-refractivity contribution in [3.8, 4) is 10.6 Å². The topological polar surface area (TPSA) is 118 Å². The van der Waals surface area contributed by atoms with Crippen molar-refractivity contribution < 1.29 is 14.5 Å². The molecule has 0 atom stereocenters. The highest BCUT2D eigenvalue weighted by molar-refractivity contribution is 7.13. The molecule has 0 saturated heterocycles. The van der Waals surface area contributed by atoms with E-state index in [0.717, 1.165) is 10.6 Å². The Kier molecular flexibility index (Phi) is 4.80. The fourth-order valence-corrected chi connectivity index (χ4v) is 3.25.